The molecule has 3 heterocycles. The topological polar surface area (TPSA) is 61.2 Å². The Morgan fingerprint density at radius 2 is 2.29 bits per heavy atom. The zero-order chi connectivity index (χ0) is 16.8. The first-order valence-electron chi connectivity index (χ1n) is 8.57. The number of aryl methyl sites for hydroxylation is 1. The second-order valence-corrected chi connectivity index (χ2v) is 6.20. The van der Waals surface area contributed by atoms with E-state index in [-0.39, 0.29) is 6.10 Å². The highest BCUT2D eigenvalue weighted by atomic mass is 16.5. The van der Waals surface area contributed by atoms with E-state index in [9.17, 15) is 0 Å². The Kier molecular flexibility index (Phi) is 5.82. The molecule has 0 saturated carbocycles. The van der Waals surface area contributed by atoms with Gasteiger partial charge in [-0.05, 0) is 37.9 Å². The number of hydrogen-bond donors (Lipinski definition) is 1. The minimum Gasteiger partial charge on any atom is -0.481 e. The number of aromatic nitrogens is 3. The number of ether oxygens (including phenoxy) is 2. The third-order valence-electron chi connectivity index (χ3n) is 4.62. The van der Waals surface area contributed by atoms with Crippen LogP contribution in [0.2, 0.25) is 0 Å². The van der Waals surface area contributed by atoms with Crippen LogP contribution in [0.4, 0.5) is 0 Å². The summed E-state index contributed by atoms with van der Waals surface area (Å²) >= 11 is 0. The van der Waals surface area contributed by atoms with Gasteiger partial charge in [-0.3, -0.25) is 4.68 Å². The van der Waals surface area contributed by atoms with Crippen molar-refractivity contribution in [3.8, 4) is 5.88 Å². The Balaban J connectivity index is 1.52. The van der Waals surface area contributed by atoms with Gasteiger partial charge in [0.05, 0.1) is 12.8 Å². The largest absolute Gasteiger partial charge is 0.481 e. The van der Waals surface area contributed by atoms with Gasteiger partial charge < -0.3 is 14.8 Å². The number of hydrogen-bond acceptors (Lipinski definition) is 5. The molecule has 6 heteroatoms. The molecule has 2 aromatic rings. The summed E-state index contributed by atoms with van der Waals surface area (Å²) < 4.78 is 13.3. The zero-order valence-electron chi connectivity index (χ0n) is 14.4. The van der Waals surface area contributed by atoms with E-state index in [1.165, 1.54) is 6.42 Å². The van der Waals surface area contributed by atoms with Crippen LogP contribution in [-0.2, 0) is 18.2 Å². The predicted molar refractivity (Wildman–Crippen MR) is 92.0 cm³/mol. The molecular formula is C18H26N4O2. The van der Waals surface area contributed by atoms with Gasteiger partial charge in [-0.1, -0.05) is 6.07 Å². The molecule has 2 atom stereocenters. The maximum Gasteiger partial charge on any atom is 0.216 e. The average molecular weight is 330 g/mol. The molecule has 1 N–H and O–H groups in total. The van der Waals surface area contributed by atoms with Crippen molar-refractivity contribution in [2.45, 2.75) is 25.4 Å². The second kappa shape index (κ2) is 8.26. The van der Waals surface area contributed by atoms with Crippen molar-refractivity contribution in [3.05, 3.63) is 41.9 Å². The van der Waals surface area contributed by atoms with Crippen LogP contribution >= 0.6 is 0 Å². The Bertz CT molecular complexity index is 643. The van der Waals surface area contributed by atoms with Gasteiger partial charge in [-0.25, -0.2) is 4.98 Å². The number of pyridine rings is 1. The molecular weight excluding hydrogens is 304 g/mol. The second-order valence-electron chi connectivity index (χ2n) is 6.20. The van der Waals surface area contributed by atoms with E-state index in [0.29, 0.717) is 11.8 Å². The molecule has 1 aliphatic rings. The SMILES string of the molecule is COc1ncccc1CCNC[C@@H]1CCCO[C@H]1c1ccnn1C. The van der Waals surface area contributed by atoms with Crippen molar-refractivity contribution in [1.29, 1.82) is 0 Å². The normalized spacial score (nSPS) is 20.9. The lowest BCUT2D eigenvalue weighted by Crippen LogP contribution is -2.33. The van der Waals surface area contributed by atoms with Crippen molar-refractivity contribution < 1.29 is 9.47 Å². The number of nitrogens with one attached hydrogen (secondary N) is 1. The van der Waals surface area contributed by atoms with Crippen molar-refractivity contribution in [2.75, 3.05) is 26.8 Å². The van der Waals surface area contributed by atoms with E-state index >= 15 is 0 Å². The van der Waals surface area contributed by atoms with Gasteiger partial charge in [0.15, 0.2) is 0 Å². The molecule has 0 aromatic carbocycles. The minimum absolute atomic E-state index is 0.131. The summed E-state index contributed by atoms with van der Waals surface area (Å²) in [5.74, 6) is 1.19. The first-order chi connectivity index (χ1) is 11.8. The van der Waals surface area contributed by atoms with Crippen molar-refractivity contribution in [2.24, 2.45) is 13.0 Å². The van der Waals surface area contributed by atoms with Gasteiger partial charge in [0.1, 0.15) is 6.10 Å². The third kappa shape index (κ3) is 3.94. The Morgan fingerprint density at radius 3 is 3.08 bits per heavy atom. The Morgan fingerprint density at radius 1 is 1.38 bits per heavy atom. The molecule has 6 nitrogen and oxygen atoms in total. The maximum absolute atomic E-state index is 6.04. The molecule has 0 radical (unpaired) electrons. The molecule has 2 aromatic heterocycles. The van der Waals surface area contributed by atoms with Crippen LogP contribution in [0.3, 0.4) is 0 Å². The van der Waals surface area contributed by atoms with Gasteiger partial charge >= 0.3 is 0 Å². The molecule has 0 aliphatic carbocycles. The molecule has 0 amide bonds. The summed E-state index contributed by atoms with van der Waals surface area (Å²) in [6, 6.07) is 6.07. The maximum atomic E-state index is 6.04. The first kappa shape index (κ1) is 16.9. The first-order valence-corrected chi connectivity index (χ1v) is 8.57. The number of methoxy groups -OCH3 is 1. The lowest BCUT2D eigenvalue weighted by Gasteiger charge is -2.32. The predicted octanol–water partition coefficient (Wildman–Crippen LogP) is 2.12. The molecule has 0 bridgehead atoms. The average Bonchev–Trinajstić information content (AvgIpc) is 3.05. The standard InChI is InChI=1S/C18H26N4O2/c1-22-16(8-11-21-22)17-15(6-4-12-24-17)13-19-10-7-14-5-3-9-20-18(14)23-2/h3,5,8-9,11,15,17,19H,4,6-7,10,12-13H2,1-2H3/t15-,17+/m0/s1. The van der Waals surface area contributed by atoms with Crippen LogP contribution in [-0.4, -0.2) is 41.6 Å². The van der Waals surface area contributed by atoms with Crippen LogP contribution in [0.15, 0.2) is 30.6 Å². The number of nitrogens with zero attached hydrogens (tertiary/aromatic N) is 3. The highest BCUT2D eigenvalue weighted by Gasteiger charge is 2.29. The van der Waals surface area contributed by atoms with Crippen LogP contribution in [0.25, 0.3) is 0 Å². The quantitative estimate of drug-likeness (QED) is 0.788. The van der Waals surface area contributed by atoms with Gasteiger partial charge in [-0.2, -0.15) is 5.10 Å². The van der Waals surface area contributed by atoms with Crippen LogP contribution in [0.5, 0.6) is 5.88 Å². The lowest BCUT2D eigenvalue weighted by atomic mass is 9.92. The molecule has 3 rings (SSSR count). The lowest BCUT2D eigenvalue weighted by molar-refractivity contribution is -0.0321. The van der Waals surface area contributed by atoms with Gasteiger partial charge in [0.25, 0.3) is 0 Å². The summed E-state index contributed by atoms with van der Waals surface area (Å²) in [7, 11) is 3.64. The third-order valence-corrected chi connectivity index (χ3v) is 4.62. The summed E-state index contributed by atoms with van der Waals surface area (Å²) in [6.07, 6.45) is 6.93. The smallest absolute Gasteiger partial charge is 0.216 e. The highest BCUT2D eigenvalue weighted by Crippen LogP contribution is 2.32. The van der Waals surface area contributed by atoms with Gasteiger partial charge in [0, 0.05) is 44.1 Å². The summed E-state index contributed by atoms with van der Waals surface area (Å²) in [6.45, 7) is 2.67. The van der Waals surface area contributed by atoms with E-state index in [1.807, 2.05) is 24.0 Å². The van der Waals surface area contributed by atoms with E-state index in [2.05, 4.69) is 27.5 Å². The molecule has 1 fully saturated rings. The van der Waals surface area contributed by atoms with Crippen molar-refractivity contribution >= 4 is 0 Å². The monoisotopic (exact) mass is 330 g/mol. The minimum atomic E-state index is 0.131. The van der Waals surface area contributed by atoms with Gasteiger partial charge in [-0.15, -0.1) is 0 Å². The Hall–Kier alpha value is -1.92. The van der Waals surface area contributed by atoms with E-state index in [1.54, 1.807) is 13.3 Å². The molecule has 0 spiro atoms. The van der Waals surface area contributed by atoms with Crippen molar-refractivity contribution in [3.63, 3.8) is 0 Å². The van der Waals surface area contributed by atoms with E-state index in [4.69, 9.17) is 9.47 Å². The highest BCUT2D eigenvalue weighted by molar-refractivity contribution is 5.25. The molecule has 1 saturated heterocycles. The fraction of sp³-hybridized carbons (Fsp3) is 0.556. The molecule has 1 aliphatic heterocycles. The fourth-order valence-corrected chi connectivity index (χ4v) is 3.35. The van der Waals surface area contributed by atoms with Crippen LogP contribution in [0, 0.1) is 5.92 Å². The van der Waals surface area contributed by atoms with Crippen LogP contribution in [0.1, 0.15) is 30.2 Å². The summed E-state index contributed by atoms with van der Waals surface area (Å²) in [4.78, 5) is 4.24. The molecule has 24 heavy (non-hydrogen) atoms. The summed E-state index contributed by atoms with van der Waals surface area (Å²) in [5.41, 5.74) is 2.30. The summed E-state index contributed by atoms with van der Waals surface area (Å²) in [5, 5.41) is 7.85. The number of rotatable bonds is 7. The van der Waals surface area contributed by atoms with Gasteiger partial charge in [0.2, 0.25) is 5.88 Å². The van der Waals surface area contributed by atoms with E-state index < -0.39 is 0 Å². The fourth-order valence-electron chi connectivity index (χ4n) is 3.35. The van der Waals surface area contributed by atoms with Crippen molar-refractivity contribution in [1.82, 2.24) is 20.1 Å². The molecule has 0 unspecified atom stereocenters. The van der Waals surface area contributed by atoms with Crippen LogP contribution < -0.4 is 10.1 Å². The zero-order valence-corrected chi connectivity index (χ0v) is 14.4. The van der Waals surface area contributed by atoms with E-state index in [0.717, 1.165) is 43.8 Å². The molecule has 130 valence electrons. The Labute approximate surface area is 143 Å².